The first kappa shape index (κ1) is 12.2. The number of allylic oxidation sites excluding steroid dienone is 1. The van der Waals surface area contributed by atoms with Crippen molar-refractivity contribution < 1.29 is 18.1 Å². The molecule has 0 N–H and O–H groups in total. The number of hydrogen-bond acceptors (Lipinski definition) is 2. The molecule has 3 nitrogen and oxygen atoms in total. The Balaban J connectivity index is 3.32. The molecule has 0 amide bonds. The third-order valence-corrected chi connectivity index (χ3v) is 1.94. The summed E-state index contributed by atoms with van der Waals surface area (Å²) in [5.41, 5.74) is -1.81. The van der Waals surface area contributed by atoms with E-state index in [1.165, 1.54) is 12.1 Å². The predicted molar refractivity (Wildman–Crippen MR) is 52.0 cm³/mol. The van der Waals surface area contributed by atoms with Crippen molar-refractivity contribution in [2.45, 2.75) is 12.6 Å². The monoisotopic (exact) mass is 231 g/mol. The third-order valence-electron chi connectivity index (χ3n) is 1.94. The molecule has 0 spiro atoms. The summed E-state index contributed by atoms with van der Waals surface area (Å²) in [5.74, 6) is 0. The number of nitro benzene ring substituents is 1. The molecule has 0 fully saturated rings. The van der Waals surface area contributed by atoms with E-state index in [2.05, 4.69) is 6.58 Å². The van der Waals surface area contributed by atoms with Gasteiger partial charge in [0.2, 0.25) is 0 Å². The SMILES string of the molecule is C=CCc1ccc([N+](=O)[O-])c(C(F)(F)F)c1. The molecule has 0 radical (unpaired) electrons. The smallest absolute Gasteiger partial charge is 0.258 e. The van der Waals surface area contributed by atoms with Crippen LogP contribution in [-0.4, -0.2) is 4.92 Å². The van der Waals surface area contributed by atoms with Crippen LogP contribution in [0.5, 0.6) is 0 Å². The molecule has 6 heteroatoms. The van der Waals surface area contributed by atoms with Gasteiger partial charge in [0.05, 0.1) is 4.92 Å². The van der Waals surface area contributed by atoms with E-state index in [1.54, 1.807) is 0 Å². The Bertz CT molecular complexity index is 427. The molecule has 0 aliphatic carbocycles. The third kappa shape index (κ3) is 2.59. The van der Waals surface area contributed by atoms with Crippen molar-refractivity contribution in [1.82, 2.24) is 0 Å². The van der Waals surface area contributed by atoms with Gasteiger partial charge in [-0.15, -0.1) is 6.58 Å². The Morgan fingerprint density at radius 1 is 1.44 bits per heavy atom. The number of benzene rings is 1. The van der Waals surface area contributed by atoms with E-state index in [0.717, 1.165) is 12.1 Å². The molecule has 86 valence electrons. The van der Waals surface area contributed by atoms with Gasteiger partial charge in [-0.3, -0.25) is 10.1 Å². The second-order valence-electron chi connectivity index (χ2n) is 3.10. The first-order chi connectivity index (χ1) is 7.36. The van der Waals surface area contributed by atoms with E-state index in [-0.39, 0.29) is 6.42 Å². The zero-order valence-corrected chi connectivity index (χ0v) is 8.12. The lowest BCUT2D eigenvalue weighted by Gasteiger charge is -2.08. The molecular formula is C10H8F3NO2. The van der Waals surface area contributed by atoms with Gasteiger partial charge in [-0.25, -0.2) is 0 Å². The van der Waals surface area contributed by atoms with E-state index in [4.69, 9.17) is 0 Å². The Labute approximate surface area is 89.4 Å². The van der Waals surface area contributed by atoms with Gasteiger partial charge in [0.15, 0.2) is 0 Å². The maximum Gasteiger partial charge on any atom is 0.423 e. The first-order valence-electron chi connectivity index (χ1n) is 4.31. The van der Waals surface area contributed by atoms with Gasteiger partial charge in [0, 0.05) is 6.07 Å². The van der Waals surface area contributed by atoms with E-state index < -0.39 is 22.4 Å². The zero-order valence-electron chi connectivity index (χ0n) is 8.12. The number of alkyl halides is 3. The minimum absolute atomic E-state index is 0.237. The molecule has 0 aliphatic rings. The first-order valence-corrected chi connectivity index (χ1v) is 4.31. The summed E-state index contributed by atoms with van der Waals surface area (Å²) in [7, 11) is 0. The van der Waals surface area contributed by atoms with Gasteiger partial charge in [0.25, 0.3) is 5.69 Å². The highest BCUT2D eigenvalue weighted by atomic mass is 19.4. The molecule has 0 saturated heterocycles. The molecule has 1 aromatic carbocycles. The van der Waals surface area contributed by atoms with Crippen molar-refractivity contribution >= 4 is 5.69 Å². The average molecular weight is 231 g/mol. The Hall–Kier alpha value is -1.85. The van der Waals surface area contributed by atoms with Crippen LogP contribution in [0.4, 0.5) is 18.9 Å². The Morgan fingerprint density at radius 2 is 2.06 bits per heavy atom. The second-order valence-corrected chi connectivity index (χ2v) is 3.10. The summed E-state index contributed by atoms with van der Waals surface area (Å²) < 4.78 is 37.5. The predicted octanol–water partition coefficient (Wildman–Crippen LogP) is 3.34. The fourth-order valence-electron chi connectivity index (χ4n) is 1.26. The fraction of sp³-hybridized carbons (Fsp3) is 0.200. The van der Waals surface area contributed by atoms with Crippen LogP contribution < -0.4 is 0 Å². The van der Waals surface area contributed by atoms with Gasteiger partial charge in [-0.1, -0.05) is 12.1 Å². The van der Waals surface area contributed by atoms with Crippen molar-refractivity contribution in [3.05, 3.63) is 52.1 Å². The van der Waals surface area contributed by atoms with Crippen LogP contribution in [0, 0.1) is 10.1 Å². The number of hydrogen-bond donors (Lipinski definition) is 0. The molecule has 0 heterocycles. The molecule has 0 aliphatic heterocycles. The molecule has 1 aromatic rings. The number of halogens is 3. The van der Waals surface area contributed by atoms with E-state index in [9.17, 15) is 23.3 Å². The van der Waals surface area contributed by atoms with Crippen molar-refractivity contribution in [2.75, 3.05) is 0 Å². The minimum atomic E-state index is -4.72. The molecule has 0 saturated carbocycles. The molecule has 0 unspecified atom stereocenters. The van der Waals surface area contributed by atoms with E-state index in [0.29, 0.717) is 5.56 Å². The molecule has 0 atom stereocenters. The normalized spacial score (nSPS) is 11.2. The van der Waals surface area contributed by atoms with Gasteiger partial charge >= 0.3 is 6.18 Å². The summed E-state index contributed by atoms with van der Waals surface area (Å²) in [6, 6.07) is 2.93. The summed E-state index contributed by atoms with van der Waals surface area (Å²) in [4.78, 5) is 9.38. The maximum atomic E-state index is 12.5. The van der Waals surface area contributed by atoms with Crippen LogP contribution >= 0.6 is 0 Å². The van der Waals surface area contributed by atoms with Crippen LogP contribution in [0.15, 0.2) is 30.9 Å². The van der Waals surface area contributed by atoms with Crippen molar-refractivity contribution in [1.29, 1.82) is 0 Å². The largest absolute Gasteiger partial charge is 0.423 e. The lowest BCUT2D eigenvalue weighted by atomic mass is 10.1. The van der Waals surface area contributed by atoms with Crippen molar-refractivity contribution in [2.24, 2.45) is 0 Å². The highest BCUT2D eigenvalue weighted by Crippen LogP contribution is 2.36. The molecule has 0 bridgehead atoms. The standard InChI is InChI=1S/C10H8F3NO2/c1-2-3-7-4-5-9(14(15)16)8(6-7)10(11,12)13/h2,4-6H,1,3H2. The topological polar surface area (TPSA) is 43.1 Å². The lowest BCUT2D eigenvalue weighted by Crippen LogP contribution is -2.09. The van der Waals surface area contributed by atoms with Crippen molar-refractivity contribution in [3.63, 3.8) is 0 Å². The second kappa shape index (κ2) is 4.34. The summed E-state index contributed by atoms with van der Waals surface area (Å²) >= 11 is 0. The van der Waals surface area contributed by atoms with Crippen molar-refractivity contribution in [3.8, 4) is 0 Å². The van der Waals surface area contributed by atoms with E-state index in [1.807, 2.05) is 0 Å². The molecule has 0 aromatic heterocycles. The molecule has 16 heavy (non-hydrogen) atoms. The fourth-order valence-corrected chi connectivity index (χ4v) is 1.26. The van der Waals surface area contributed by atoms with Crippen LogP contribution in [0.2, 0.25) is 0 Å². The lowest BCUT2D eigenvalue weighted by molar-refractivity contribution is -0.388. The summed E-state index contributed by atoms with van der Waals surface area (Å²) in [6.45, 7) is 3.39. The molecule has 1 rings (SSSR count). The van der Waals surface area contributed by atoms with Crippen LogP contribution in [0.1, 0.15) is 11.1 Å². The minimum Gasteiger partial charge on any atom is -0.258 e. The van der Waals surface area contributed by atoms with Crippen LogP contribution in [-0.2, 0) is 12.6 Å². The Morgan fingerprint density at radius 3 is 2.50 bits per heavy atom. The highest BCUT2D eigenvalue weighted by molar-refractivity contribution is 5.45. The Kier molecular flexibility index (Phi) is 3.31. The quantitative estimate of drug-likeness (QED) is 0.455. The van der Waals surface area contributed by atoms with E-state index >= 15 is 0 Å². The summed E-state index contributed by atoms with van der Waals surface area (Å²) in [5, 5.41) is 10.4. The van der Waals surface area contributed by atoms with Gasteiger partial charge in [0.1, 0.15) is 5.56 Å². The number of rotatable bonds is 3. The maximum absolute atomic E-state index is 12.5. The van der Waals surface area contributed by atoms with Gasteiger partial charge in [-0.2, -0.15) is 13.2 Å². The summed E-state index contributed by atoms with van der Waals surface area (Å²) in [6.07, 6.45) is -3.05. The number of nitro groups is 1. The van der Waals surface area contributed by atoms with Gasteiger partial charge in [-0.05, 0) is 18.1 Å². The molecular weight excluding hydrogens is 223 g/mol. The van der Waals surface area contributed by atoms with Gasteiger partial charge < -0.3 is 0 Å². The highest BCUT2D eigenvalue weighted by Gasteiger charge is 2.38. The number of nitrogens with zero attached hydrogens (tertiary/aromatic N) is 1. The van der Waals surface area contributed by atoms with Crippen LogP contribution in [0.25, 0.3) is 0 Å². The van der Waals surface area contributed by atoms with Crippen LogP contribution in [0.3, 0.4) is 0 Å². The average Bonchev–Trinajstić information content (AvgIpc) is 2.16. The zero-order chi connectivity index (χ0) is 12.3.